The maximum atomic E-state index is 11.5. The number of nitrogens with one attached hydrogen (secondary N) is 1. The molecule has 0 fully saturated rings. The van der Waals surface area contributed by atoms with Crippen molar-refractivity contribution in [3.8, 4) is 5.75 Å². The van der Waals surface area contributed by atoms with E-state index in [1.54, 1.807) is 0 Å². The summed E-state index contributed by atoms with van der Waals surface area (Å²) in [5.41, 5.74) is 4.51. The Balaban J connectivity index is 2.36. The highest BCUT2D eigenvalue weighted by atomic mass is 16.5. The zero-order valence-electron chi connectivity index (χ0n) is 12.1. The van der Waals surface area contributed by atoms with E-state index in [-0.39, 0.29) is 12.5 Å². The summed E-state index contributed by atoms with van der Waals surface area (Å²) in [4.78, 5) is 11.5. The van der Waals surface area contributed by atoms with Crippen LogP contribution in [0.25, 0.3) is 0 Å². The van der Waals surface area contributed by atoms with Crippen LogP contribution in [0.4, 0.5) is 0 Å². The largest absolute Gasteiger partial charge is 0.484 e. The second-order valence-electron chi connectivity index (χ2n) is 5.09. The average molecular weight is 262 g/mol. The van der Waals surface area contributed by atoms with Gasteiger partial charge in [-0.1, -0.05) is 26.0 Å². The first-order valence-corrected chi connectivity index (χ1v) is 6.49. The predicted octanol–water partition coefficient (Wildman–Crippen LogP) is 2.91. The Hall–Kier alpha value is -1.84. The van der Waals surface area contributed by atoms with E-state index in [9.17, 15) is 4.79 Å². The number of rotatable bonds is 6. The van der Waals surface area contributed by atoms with Crippen LogP contribution in [0.5, 0.6) is 5.75 Å². The van der Waals surface area contributed by atoms with Crippen LogP contribution in [0.2, 0.25) is 0 Å². The fraction of sp³-hybridized carbons (Fsp3) is 0.467. The predicted molar refractivity (Wildman–Crippen MR) is 77.4 cm³/mol. The van der Waals surface area contributed by atoms with Crippen molar-refractivity contribution in [3.63, 3.8) is 0 Å². The number of nitrogens with zero attached hydrogens (tertiary/aromatic N) is 1. The number of hydrogen-bond acceptors (Lipinski definition) is 3. The van der Waals surface area contributed by atoms with Crippen LogP contribution in [0.15, 0.2) is 29.4 Å². The number of aryl methyl sites for hydroxylation is 1. The number of amides is 1. The van der Waals surface area contributed by atoms with Gasteiger partial charge in [0.1, 0.15) is 5.75 Å². The minimum atomic E-state index is -0.246. The zero-order valence-corrected chi connectivity index (χ0v) is 12.1. The fourth-order valence-electron chi connectivity index (χ4n) is 1.68. The van der Waals surface area contributed by atoms with E-state index in [0.29, 0.717) is 11.7 Å². The summed E-state index contributed by atoms with van der Waals surface area (Å²) >= 11 is 0. The molecular weight excluding hydrogens is 240 g/mol. The molecule has 104 valence electrons. The van der Waals surface area contributed by atoms with E-state index < -0.39 is 0 Å². The molecule has 0 aliphatic heterocycles. The molecule has 4 nitrogen and oxygen atoms in total. The van der Waals surface area contributed by atoms with Crippen molar-refractivity contribution in [3.05, 3.63) is 29.8 Å². The SMILES string of the molecule is C/C(CC(C)C)=N\NC(=O)COc1cccc(C)c1. The summed E-state index contributed by atoms with van der Waals surface area (Å²) in [7, 11) is 0. The Kier molecular flexibility index (Phi) is 6.06. The second kappa shape index (κ2) is 7.56. The van der Waals surface area contributed by atoms with Gasteiger partial charge in [0.05, 0.1) is 0 Å². The lowest BCUT2D eigenvalue weighted by Crippen LogP contribution is -2.25. The molecule has 0 saturated carbocycles. The molecule has 1 aromatic carbocycles. The summed E-state index contributed by atoms with van der Waals surface area (Å²) in [6, 6.07) is 7.59. The van der Waals surface area contributed by atoms with Crippen molar-refractivity contribution < 1.29 is 9.53 Å². The maximum Gasteiger partial charge on any atom is 0.277 e. The van der Waals surface area contributed by atoms with Crippen LogP contribution in [0.1, 0.15) is 32.8 Å². The average Bonchev–Trinajstić information content (AvgIpc) is 2.33. The topological polar surface area (TPSA) is 50.7 Å². The molecular formula is C15H22N2O2. The summed E-state index contributed by atoms with van der Waals surface area (Å²) in [5.74, 6) is 0.979. The van der Waals surface area contributed by atoms with Crippen molar-refractivity contribution in [2.24, 2.45) is 11.0 Å². The first-order valence-electron chi connectivity index (χ1n) is 6.49. The first kappa shape index (κ1) is 15.2. The van der Waals surface area contributed by atoms with Gasteiger partial charge in [0.15, 0.2) is 6.61 Å². The fourth-order valence-corrected chi connectivity index (χ4v) is 1.68. The van der Waals surface area contributed by atoms with Gasteiger partial charge >= 0.3 is 0 Å². The molecule has 0 unspecified atom stereocenters. The van der Waals surface area contributed by atoms with E-state index >= 15 is 0 Å². The Labute approximate surface area is 114 Å². The van der Waals surface area contributed by atoms with E-state index in [1.165, 1.54) is 0 Å². The number of hydrogen-bond donors (Lipinski definition) is 1. The van der Waals surface area contributed by atoms with Crippen molar-refractivity contribution in [1.29, 1.82) is 0 Å². The summed E-state index contributed by atoms with van der Waals surface area (Å²) in [6.07, 6.45) is 0.874. The Bertz CT molecular complexity index is 453. The normalized spacial score (nSPS) is 11.5. The van der Waals surface area contributed by atoms with Crippen LogP contribution in [0, 0.1) is 12.8 Å². The standard InChI is InChI=1S/C15H22N2O2/c1-11(2)8-13(4)16-17-15(18)10-19-14-7-5-6-12(3)9-14/h5-7,9,11H,8,10H2,1-4H3,(H,17,18)/b16-13+. The highest BCUT2D eigenvalue weighted by molar-refractivity contribution is 5.84. The van der Waals surface area contributed by atoms with Crippen molar-refractivity contribution >= 4 is 11.6 Å². The Morgan fingerprint density at radius 2 is 2.16 bits per heavy atom. The molecule has 0 atom stereocenters. The van der Waals surface area contributed by atoms with Crippen LogP contribution in [-0.4, -0.2) is 18.2 Å². The molecule has 0 radical (unpaired) electrons. The Morgan fingerprint density at radius 3 is 2.79 bits per heavy atom. The van der Waals surface area contributed by atoms with Gasteiger partial charge in [-0.15, -0.1) is 0 Å². The summed E-state index contributed by atoms with van der Waals surface area (Å²) in [6.45, 7) is 8.08. The number of ether oxygens (including phenoxy) is 1. The third-order valence-corrected chi connectivity index (χ3v) is 2.43. The van der Waals surface area contributed by atoms with E-state index in [4.69, 9.17) is 4.74 Å². The maximum absolute atomic E-state index is 11.5. The lowest BCUT2D eigenvalue weighted by Gasteiger charge is -2.07. The monoisotopic (exact) mass is 262 g/mol. The van der Waals surface area contributed by atoms with Crippen LogP contribution < -0.4 is 10.2 Å². The van der Waals surface area contributed by atoms with Gasteiger partial charge in [-0.05, 0) is 43.9 Å². The number of carbonyl (C=O) groups excluding carboxylic acids is 1. The molecule has 1 N–H and O–H groups in total. The van der Waals surface area contributed by atoms with Crippen LogP contribution >= 0.6 is 0 Å². The van der Waals surface area contributed by atoms with Crippen LogP contribution in [0.3, 0.4) is 0 Å². The zero-order chi connectivity index (χ0) is 14.3. The highest BCUT2D eigenvalue weighted by Crippen LogP contribution is 2.11. The molecule has 1 aromatic rings. The van der Waals surface area contributed by atoms with Gasteiger partial charge in [0, 0.05) is 5.71 Å². The van der Waals surface area contributed by atoms with E-state index in [0.717, 1.165) is 17.7 Å². The first-order chi connectivity index (χ1) is 8.97. The molecule has 19 heavy (non-hydrogen) atoms. The summed E-state index contributed by atoms with van der Waals surface area (Å²) < 4.78 is 5.38. The molecule has 0 heterocycles. The lowest BCUT2D eigenvalue weighted by molar-refractivity contribution is -0.123. The molecule has 0 aromatic heterocycles. The molecule has 4 heteroatoms. The summed E-state index contributed by atoms with van der Waals surface area (Å²) in [5, 5.41) is 4.03. The van der Waals surface area contributed by atoms with Gasteiger partial charge in [-0.3, -0.25) is 4.79 Å². The number of carbonyl (C=O) groups is 1. The van der Waals surface area contributed by atoms with Crippen LogP contribution in [-0.2, 0) is 4.79 Å². The Morgan fingerprint density at radius 1 is 1.42 bits per heavy atom. The quantitative estimate of drug-likeness (QED) is 0.633. The molecule has 0 aliphatic rings. The van der Waals surface area contributed by atoms with Gasteiger partial charge < -0.3 is 4.74 Å². The van der Waals surface area contributed by atoms with Gasteiger partial charge in [0.2, 0.25) is 0 Å². The highest BCUT2D eigenvalue weighted by Gasteiger charge is 2.03. The molecule has 0 aliphatic carbocycles. The third-order valence-electron chi connectivity index (χ3n) is 2.43. The van der Waals surface area contributed by atoms with Crippen molar-refractivity contribution in [2.75, 3.05) is 6.61 Å². The second-order valence-corrected chi connectivity index (χ2v) is 5.09. The van der Waals surface area contributed by atoms with Gasteiger partial charge in [-0.2, -0.15) is 5.10 Å². The van der Waals surface area contributed by atoms with Crippen molar-refractivity contribution in [2.45, 2.75) is 34.1 Å². The smallest absolute Gasteiger partial charge is 0.277 e. The molecule has 0 spiro atoms. The van der Waals surface area contributed by atoms with Gasteiger partial charge in [-0.25, -0.2) is 5.43 Å². The molecule has 0 bridgehead atoms. The minimum absolute atomic E-state index is 0.0259. The lowest BCUT2D eigenvalue weighted by atomic mass is 10.1. The minimum Gasteiger partial charge on any atom is -0.484 e. The van der Waals surface area contributed by atoms with Gasteiger partial charge in [0.25, 0.3) is 5.91 Å². The number of hydrazone groups is 1. The molecule has 1 rings (SSSR count). The molecule has 0 saturated heterocycles. The van der Waals surface area contributed by atoms with E-state index in [1.807, 2.05) is 38.1 Å². The number of benzene rings is 1. The van der Waals surface area contributed by atoms with E-state index in [2.05, 4.69) is 24.4 Å². The van der Waals surface area contributed by atoms with Crippen molar-refractivity contribution in [1.82, 2.24) is 5.43 Å². The molecule has 1 amide bonds. The third kappa shape index (κ3) is 6.60.